The van der Waals surface area contributed by atoms with E-state index in [4.69, 9.17) is 9.47 Å². The maximum atomic E-state index is 12.2. The Morgan fingerprint density at radius 1 is 1.27 bits per heavy atom. The van der Waals surface area contributed by atoms with Crippen LogP contribution >= 0.6 is 11.8 Å². The number of amides is 3. The molecule has 8 heteroatoms. The number of urea groups is 1. The summed E-state index contributed by atoms with van der Waals surface area (Å²) in [6.07, 6.45) is 3.23. The third kappa shape index (κ3) is 4.35. The zero-order valence-electron chi connectivity index (χ0n) is 15.0. The molecule has 1 aromatic rings. The van der Waals surface area contributed by atoms with Gasteiger partial charge in [-0.15, -0.1) is 0 Å². The van der Waals surface area contributed by atoms with Crippen LogP contribution in [-0.2, 0) is 4.79 Å². The fraction of sp³-hybridized carbons (Fsp3) is 0.556. The number of fused-ring (bicyclic) bond motifs is 1. The molecular weight excluding hydrogens is 354 g/mol. The zero-order chi connectivity index (χ0) is 18.5. The van der Waals surface area contributed by atoms with E-state index in [1.807, 2.05) is 11.8 Å². The third-order valence-corrected chi connectivity index (χ3v) is 6.27. The Bertz CT molecular complexity index is 670. The van der Waals surface area contributed by atoms with Crippen molar-refractivity contribution < 1.29 is 19.1 Å². The normalized spacial score (nSPS) is 23.8. The molecule has 2 saturated heterocycles. The molecule has 3 N–H and O–H groups in total. The van der Waals surface area contributed by atoms with E-state index in [0.717, 1.165) is 25.0 Å². The first kappa shape index (κ1) is 18.7. The monoisotopic (exact) mass is 379 g/mol. The van der Waals surface area contributed by atoms with Crippen molar-refractivity contribution in [3.63, 3.8) is 0 Å². The number of nitrogens with one attached hydrogen (secondary N) is 3. The van der Waals surface area contributed by atoms with Crippen LogP contribution < -0.4 is 25.4 Å². The Labute approximate surface area is 157 Å². The van der Waals surface area contributed by atoms with Gasteiger partial charge in [0.25, 0.3) is 0 Å². The van der Waals surface area contributed by atoms with Gasteiger partial charge in [-0.2, -0.15) is 11.8 Å². The fourth-order valence-corrected chi connectivity index (χ4v) is 4.94. The first-order chi connectivity index (χ1) is 12.6. The number of benzene rings is 1. The summed E-state index contributed by atoms with van der Waals surface area (Å²) in [6, 6.07) is 5.73. The Kier molecular flexibility index (Phi) is 6.13. The maximum absolute atomic E-state index is 12.2. The molecule has 2 aliphatic rings. The van der Waals surface area contributed by atoms with Gasteiger partial charge in [0.2, 0.25) is 5.91 Å². The molecule has 3 atom stereocenters. The minimum Gasteiger partial charge on any atom is -0.497 e. The van der Waals surface area contributed by atoms with Gasteiger partial charge >= 0.3 is 6.03 Å². The van der Waals surface area contributed by atoms with Crippen LogP contribution in [0, 0.1) is 0 Å². The molecular formula is C18H25N3O4S. The Balaban J connectivity index is 1.41. The average molecular weight is 379 g/mol. The van der Waals surface area contributed by atoms with Crippen molar-refractivity contribution in [2.24, 2.45) is 0 Å². The number of rotatable bonds is 8. The van der Waals surface area contributed by atoms with Crippen molar-refractivity contribution in [2.75, 3.05) is 25.3 Å². The molecule has 7 nitrogen and oxygen atoms in total. The maximum Gasteiger partial charge on any atom is 0.315 e. The molecule has 0 aromatic heterocycles. The van der Waals surface area contributed by atoms with E-state index in [2.05, 4.69) is 16.0 Å². The van der Waals surface area contributed by atoms with Crippen LogP contribution in [0.4, 0.5) is 10.5 Å². The molecule has 3 amide bonds. The summed E-state index contributed by atoms with van der Waals surface area (Å²) in [4.78, 5) is 23.6. The summed E-state index contributed by atoms with van der Waals surface area (Å²) in [5.74, 6) is 2.20. The number of ether oxygens (including phenoxy) is 2. The SMILES string of the molecule is COc1ccc(OC)c(NC(=O)CCCC[C@@H]2SC[C@@H]3NC(=O)N[C@@H]32)c1. The number of hydrogen-bond donors (Lipinski definition) is 3. The standard InChI is InChI=1S/C18H25N3O4S/c1-24-11-7-8-14(25-2)12(9-11)19-16(22)6-4-3-5-15-17-13(10-26-15)20-18(23)21-17/h7-9,13,15,17H,3-6,10H2,1-2H3,(H,19,22)(H2,20,21,23)/t13-,15-,17-/m0/s1. The molecule has 26 heavy (non-hydrogen) atoms. The molecule has 0 bridgehead atoms. The van der Waals surface area contributed by atoms with E-state index in [0.29, 0.717) is 28.9 Å². The second kappa shape index (κ2) is 8.53. The van der Waals surface area contributed by atoms with Crippen LogP contribution in [0.1, 0.15) is 25.7 Å². The van der Waals surface area contributed by atoms with Gasteiger partial charge in [-0.25, -0.2) is 4.79 Å². The van der Waals surface area contributed by atoms with Crippen LogP contribution in [0.3, 0.4) is 0 Å². The van der Waals surface area contributed by atoms with Crippen LogP contribution in [0.15, 0.2) is 18.2 Å². The molecule has 2 fully saturated rings. The predicted octanol–water partition coefficient (Wildman–Crippen LogP) is 2.37. The summed E-state index contributed by atoms with van der Waals surface area (Å²) < 4.78 is 10.5. The van der Waals surface area contributed by atoms with Gasteiger partial charge in [-0.05, 0) is 25.0 Å². The number of thioether (sulfide) groups is 1. The second-order valence-electron chi connectivity index (χ2n) is 6.48. The van der Waals surface area contributed by atoms with Crippen LogP contribution in [-0.4, -0.2) is 49.2 Å². The first-order valence-electron chi connectivity index (χ1n) is 8.81. The van der Waals surface area contributed by atoms with Gasteiger partial charge in [-0.1, -0.05) is 6.42 Å². The lowest BCUT2D eigenvalue weighted by Gasteiger charge is -2.16. The number of anilines is 1. The zero-order valence-corrected chi connectivity index (χ0v) is 15.9. The lowest BCUT2D eigenvalue weighted by Crippen LogP contribution is -2.36. The molecule has 1 aromatic carbocycles. The molecule has 142 valence electrons. The summed E-state index contributed by atoms with van der Waals surface area (Å²) in [6.45, 7) is 0. The molecule has 2 aliphatic heterocycles. The average Bonchev–Trinajstić information content (AvgIpc) is 3.18. The fourth-order valence-electron chi connectivity index (χ4n) is 3.40. The summed E-state index contributed by atoms with van der Waals surface area (Å²) in [5, 5.41) is 9.26. The van der Waals surface area contributed by atoms with Gasteiger partial charge in [0.05, 0.1) is 32.0 Å². The highest BCUT2D eigenvalue weighted by atomic mass is 32.2. The lowest BCUT2D eigenvalue weighted by atomic mass is 10.0. The number of carbonyl (C=O) groups excluding carboxylic acids is 2. The largest absolute Gasteiger partial charge is 0.497 e. The highest BCUT2D eigenvalue weighted by Gasteiger charge is 2.42. The highest BCUT2D eigenvalue weighted by molar-refractivity contribution is 8.00. The van der Waals surface area contributed by atoms with Crippen LogP contribution in [0.2, 0.25) is 0 Å². The van der Waals surface area contributed by atoms with Crippen molar-refractivity contribution >= 4 is 29.4 Å². The van der Waals surface area contributed by atoms with Crippen LogP contribution in [0.25, 0.3) is 0 Å². The Morgan fingerprint density at radius 3 is 2.88 bits per heavy atom. The number of methoxy groups -OCH3 is 2. The minimum atomic E-state index is -0.0584. The molecule has 0 unspecified atom stereocenters. The van der Waals surface area contributed by atoms with Crippen molar-refractivity contribution in [1.82, 2.24) is 10.6 Å². The number of hydrogen-bond acceptors (Lipinski definition) is 5. The molecule has 2 heterocycles. The van der Waals surface area contributed by atoms with E-state index >= 15 is 0 Å². The summed E-state index contributed by atoms with van der Waals surface area (Å²) in [5.41, 5.74) is 0.616. The first-order valence-corrected chi connectivity index (χ1v) is 9.86. The van der Waals surface area contributed by atoms with Crippen molar-refractivity contribution in [1.29, 1.82) is 0 Å². The summed E-state index contributed by atoms with van der Waals surface area (Å²) in [7, 11) is 3.15. The Hall–Kier alpha value is -2.09. The third-order valence-electron chi connectivity index (χ3n) is 4.76. The second-order valence-corrected chi connectivity index (χ2v) is 7.75. The number of carbonyl (C=O) groups is 2. The van der Waals surface area contributed by atoms with Gasteiger partial charge in [0.15, 0.2) is 0 Å². The quantitative estimate of drug-likeness (QED) is 0.477. The molecule has 0 spiro atoms. The van der Waals surface area contributed by atoms with E-state index < -0.39 is 0 Å². The van der Waals surface area contributed by atoms with E-state index in [9.17, 15) is 9.59 Å². The molecule has 0 aliphatic carbocycles. The van der Waals surface area contributed by atoms with E-state index in [-0.39, 0.29) is 24.0 Å². The van der Waals surface area contributed by atoms with E-state index in [1.165, 1.54) is 0 Å². The molecule has 3 rings (SSSR count). The van der Waals surface area contributed by atoms with Crippen LogP contribution in [0.5, 0.6) is 11.5 Å². The predicted molar refractivity (Wildman–Crippen MR) is 102 cm³/mol. The lowest BCUT2D eigenvalue weighted by molar-refractivity contribution is -0.116. The highest BCUT2D eigenvalue weighted by Crippen LogP contribution is 2.33. The van der Waals surface area contributed by atoms with Crippen molar-refractivity contribution in [3.8, 4) is 11.5 Å². The van der Waals surface area contributed by atoms with Gasteiger partial charge in [0.1, 0.15) is 11.5 Å². The number of unbranched alkanes of at least 4 members (excludes halogenated alkanes) is 1. The molecule has 0 radical (unpaired) electrons. The van der Waals surface area contributed by atoms with Gasteiger partial charge in [-0.3, -0.25) is 4.79 Å². The molecule has 0 saturated carbocycles. The van der Waals surface area contributed by atoms with Gasteiger partial charge < -0.3 is 25.4 Å². The van der Waals surface area contributed by atoms with Crippen molar-refractivity contribution in [3.05, 3.63) is 18.2 Å². The van der Waals surface area contributed by atoms with E-state index in [1.54, 1.807) is 32.4 Å². The smallest absolute Gasteiger partial charge is 0.315 e. The topological polar surface area (TPSA) is 88.7 Å². The summed E-state index contributed by atoms with van der Waals surface area (Å²) >= 11 is 1.90. The minimum absolute atomic E-state index is 0.0376. The van der Waals surface area contributed by atoms with Crippen molar-refractivity contribution in [2.45, 2.75) is 43.0 Å². The Morgan fingerprint density at radius 2 is 2.12 bits per heavy atom. The van der Waals surface area contributed by atoms with Gasteiger partial charge in [0, 0.05) is 23.5 Å².